The predicted molar refractivity (Wildman–Crippen MR) is 89.7 cm³/mol. The van der Waals surface area contributed by atoms with E-state index in [1.165, 1.54) is 0 Å². The standard InChI is InChI=1S/C17H29N3O2/c1-7-15(8-2)20(11-12-22-6)17(21)10-9-16-13(3)18-19(5)14(16)4/h9-10,15H,7-8,11-12H2,1-6H3/b10-9+. The van der Waals surface area contributed by atoms with Crippen LogP contribution in [0.1, 0.15) is 43.6 Å². The van der Waals surface area contributed by atoms with Gasteiger partial charge in [0.05, 0.1) is 12.3 Å². The number of methoxy groups -OCH3 is 1. The Balaban J connectivity index is 2.91. The number of amides is 1. The molecule has 0 aliphatic carbocycles. The highest BCUT2D eigenvalue weighted by molar-refractivity contribution is 5.92. The molecule has 0 N–H and O–H groups in total. The SMILES string of the molecule is CCC(CC)N(CCOC)C(=O)/C=C/c1c(C)nn(C)c1C. The zero-order valence-corrected chi connectivity index (χ0v) is 14.7. The van der Waals surface area contributed by atoms with Crippen molar-refractivity contribution in [3.05, 3.63) is 23.0 Å². The molecule has 0 saturated heterocycles. The average molecular weight is 307 g/mol. The van der Waals surface area contributed by atoms with Crippen LogP contribution in [-0.2, 0) is 16.6 Å². The topological polar surface area (TPSA) is 47.4 Å². The second kappa shape index (κ2) is 8.73. The molecule has 0 unspecified atom stereocenters. The third-order valence-corrected chi connectivity index (χ3v) is 4.16. The number of nitrogens with zero attached hydrogens (tertiary/aromatic N) is 3. The van der Waals surface area contributed by atoms with Crippen LogP contribution < -0.4 is 0 Å². The van der Waals surface area contributed by atoms with Crippen LogP contribution in [-0.4, -0.2) is 46.9 Å². The van der Waals surface area contributed by atoms with Crippen LogP contribution in [0, 0.1) is 13.8 Å². The molecule has 0 aliphatic rings. The van der Waals surface area contributed by atoms with Crippen LogP contribution in [0.4, 0.5) is 0 Å². The molecule has 0 atom stereocenters. The monoisotopic (exact) mass is 307 g/mol. The summed E-state index contributed by atoms with van der Waals surface area (Å²) in [5.74, 6) is 0.0356. The fraction of sp³-hybridized carbons (Fsp3) is 0.647. The number of aryl methyl sites for hydroxylation is 2. The first-order valence-electron chi connectivity index (χ1n) is 7.93. The van der Waals surface area contributed by atoms with Gasteiger partial charge in [-0.1, -0.05) is 13.8 Å². The van der Waals surface area contributed by atoms with Gasteiger partial charge < -0.3 is 9.64 Å². The Kier molecular flexibility index (Phi) is 7.32. The van der Waals surface area contributed by atoms with E-state index in [9.17, 15) is 4.79 Å². The maximum atomic E-state index is 12.6. The maximum absolute atomic E-state index is 12.6. The Morgan fingerprint density at radius 1 is 1.36 bits per heavy atom. The highest BCUT2D eigenvalue weighted by Crippen LogP contribution is 2.15. The normalized spacial score (nSPS) is 11.6. The summed E-state index contributed by atoms with van der Waals surface area (Å²) < 4.78 is 6.97. The smallest absolute Gasteiger partial charge is 0.246 e. The third kappa shape index (κ3) is 4.44. The molecule has 124 valence electrons. The molecule has 5 heteroatoms. The van der Waals surface area contributed by atoms with E-state index in [-0.39, 0.29) is 11.9 Å². The number of rotatable bonds is 8. The Hall–Kier alpha value is -1.62. The van der Waals surface area contributed by atoms with Gasteiger partial charge in [0, 0.05) is 44.1 Å². The molecule has 0 aliphatic heterocycles. The molecule has 0 radical (unpaired) electrons. The Labute approximate surface area is 133 Å². The fourth-order valence-corrected chi connectivity index (χ4v) is 2.67. The van der Waals surface area contributed by atoms with Gasteiger partial charge in [0.2, 0.25) is 5.91 Å². The van der Waals surface area contributed by atoms with E-state index in [1.807, 2.05) is 36.6 Å². The molecular formula is C17H29N3O2. The highest BCUT2D eigenvalue weighted by atomic mass is 16.5. The molecule has 0 spiro atoms. The van der Waals surface area contributed by atoms with E-state index in [4.69, 9.17) is 4.74 Å². The van der Waals surface area contributed by atoms with E-state index >= 15 is 0 Å². The van der Waals surface area contributed by atoms with Crippen molar-refractivity contribution >= 4 is 12.0 Å². The van der Waals surface area contributed by atoms with Gasteiger partial charge in [0.1, 0.15) is 0 Å². The molecule has 5 nitrogen and oxygen atoms in total. The Morgan fingerprint density at radius 3 is 2.45 bits per heavy atom. The largest absolute Gasteiger partial charge is 0.383 e. The van der Waals surface area contributed by atoms with E-state index in [0.29, 0.717) is 13.2 Å². The number of aromatic nitrogens is 2. The van der Waals surface area contributed by atoms with E-state index < -0.39 is 0 Å². The van der Waals surface area contributed by atoms with Crippen LogP contribution in [0.3, 0.4) is 0 Å². The minimum absolute atomic E-state index is 0.0356. The third-order valence-electron chi connectivity index (χ3n) is 4.16. The summed E-state index contributed by atoms with van der Waals surface area (Å²) in [6, 6.07) is 0.253. The minimum Gasteiger partial charge on any atom is -0.383 e. The van der Waals surface area contributed by atoms with E-state index in [2.05, 4.69) is 18.9 Å². The molecule has 22 heavy (non-hydrogen) atoms. The molecule has 0 saturated carbocycles. The summed E-state index contributed by atoms with van der Waals surface area (Å²) >= 11 is 0. The fourth-order valence-electron chi connectivity index (χ4n) is 2.67. The van der Waals surface area contributed by atoms with Gasteiger partial charge in [-0.15, -0.1) is 0 Å². The lowest BCUT2D eigenvalue weighted by Gasteiger charge is -2.29. The zero-order chi connectivity index (χ0) is 16.7. The summed E-state index contributed by atoms with van der Waals surface area (Å²) in [5.41, 5.74) is 3.02. The summed E-state index contributed by atoms with van der Waals surface area (Å²) in [7, 11) is 3.57. The van der Waals surface area contributed by atoms with Crippen molar-refractivity contribution in [1.29, 1.82) is 0 Å². The molecular weight excluding hydrogens is 278 g/mol. The number of hydrogen-bond donors (Lipinski definition) is 0. The van der Waals surface area contributed by atoms with Crippen LogP contribution in [0.2, 0.25) is 0 Å². The van der Waals surface area contributed by atoms with E-state index in [1.54, 1.807) is 13.2 Å². The molecule has 1 aromatic rings. The molecule has 1 amide bonds. The van der Waals surface area contributed by atoms with Gasteiger partial charge in [-0.3, -0.25) is 9.48 Å². The minimum atomic E-state index is 0.0356. The molecule has 1 aromatic heterocycles. The lowest BCUT2D eigenvalue weighted by molar-refractivity contribution is -0.129. The predicted octanol–water partition coefficient (Wildman–Crippen LogP) is 2.71. The molecule has 0 aromatic carbocycles. The maximum Gasteiger partial charge on any atom is 0.246 e. The number of carbonyl (C=O) groups is 1. The number of carbonyl (C=O) groups excluding carboxylic acids is 1. The van der Waals surface area contributed by atoms with Gasteiger partial charge >= 0.3 is 0 Å². The van der Waals surface area contributed by atoms with Crippen LogP contribution in [0.25, 0.3) is 6.08 Å². The van der Waals surface area contributed by atoms with Crippen LogP contribution >= 0.6 is 0 Å². The molecule has 0 bridgehead atoms. The molecule has 1 rings (SSSR count). The van der Waals surface area contributed by atoms with Crippen LogP contribution in [0.5, 0.6) is 0 Å². The lowest BCUT2D eigenvalue weighted by Crippen LogP contribution is -2.40. The number of ether oxygens (including phenoxy) is 1. The van der Waals surface area contributed by atoms with Crippen molar-refractivity contribution in [2.75, 3.05) is 20.3 Å². The van der Waals surface area contributed by atoms with Gasteiger partial charge in [-0.05, 0) is 32.8 Å². The molecule has 0 fully saturated rings. The second-order valence-corrected chi connectivity index (χ2v) is 5.54. The first-order chi connectivity index (χ1) is 10.5. The van der Waals surface area contributed by atoms with Crippen LogP contribution in [0.15, 0.2) is 6.08 Å². The first kappa shape index (κ1) is 18.4. The van der Waals surface area contributed by atoms with Crippen molar-refractivity contribution in [2.45, 2.75) is 46.6 Å². The summed E-state index contributed by atoms with van der Waals surface area (Å²) in [6.45, 7) is 9.37. The Morgan fingerprint density at radius 2 is 2.00 bits per heavy atom. The van der Waals surface area contributed by atoms with Crippen molar-refractivity contribution in [2.24, 2.45) is 7.05 Å². The second-order valence-electron chi connectivity index (χ2n) is 5.54. The van der Waals surface area contributed by atoms with Crippen molar-refractivity contribution in [3.63, 3.8) is 0 Å². The summed E-state index contributed by atoms with van der Waals surface area (Å²) in [6.07, 6.45) is 5.43. The summed E-state index contributed by atoms with van der Waals surface area (Å²) in [5, 5.41) is 4.37. The van der Waals surface area contributed by atoms with Gasteiger partial charge in [-0.2, -0.15) is 5.10 Å². The van der Waals surface area contributed by atoms with Crippen molar-refractivity contribution in [3.8, 4) is 0 Å². The van der Waals surface area contributed by atoms with Crippen molar-refractivity contribution < 1.29 is 9.53 Å². The average Bonchev–Trinajstić information content (AvgIpc) is 2.74. The van der Waals surface area contributed by atoms with Gasteiger partial charge in [-0.25, -0.2) is 0 Å². The Bertz CT molecular complexity index is 516. The van der Waals surface area contributed by atoms with Crippen molar-refractivity contribution in [1.82, 2.24) is 14.7 Å². The first-order valence-corrected chi connectivity index (χ1v) is 7.93. The molecule has 1 heterocycles. The quantitative estimate of drug-likeness (QED) is 0.694. The highest BCUT2D eigenvalue weighted by Gasteiger charge is 2.19. The zero-order valence-electron chi connectivity index (χ0n) is 14.7. The van der Waals surface area contributed by atoms with E-state index in [0.717, 1.165) is 29.8 Å². The summed E-state index contributed by atoms with van der Waals surface area (Å²) in [4.78, 5) is 14.5. The lowest BCUT2D eigenvalue weighted by atomic mass is 10.1. The van der Waals surface area contributed by atoms with Gasteiger partial charge in [0.25, 0.3) is 0 Å². The number of hydrogen-bond acceptors (Lipinski definition) is 3. The van der Waals surface area contributed by atoms with Gasteiger partial charge in [0.15, 0.2) is 0 Å².